The molecule has 2 N–H and O–H groups in total. The molecule has 9 nitrogen and oxygen atoms in total. The zero-order valence-corrected chi connectivity index (χ0v) is 23.4. The molecule has 0 aliphatic carbocycles. The van der Waals surface area contributed by atoms with Gasteiger partial charge in [-0.2, -0.15) is 9.41 Å². The van der Waals surface area contributed by atoms with Crippen molar-refractivity contribution in [3.05, 3.63) is 118 Å². The molecule has 1 aromatic heterocycles. The summed E-state index contributed by atoms with van der Waals surface area (Å²) in [5.41, 5.74) is 5.17. The van der Waals surface area contributed by atoms with Crippen LogP contribution in [0.3, 0.4) is 0 Å². The molecule has 0 saturated heterocycles. The van der Waals surface area contributed by atoms with E-state index in [2.05, 4.69) is 15.8 Å². The molecule has 0 bridgehead atoms. The molecule has 11 heteroatoms. The molecule has 0 unspecified atom stereocenters. The first kappa shape index (κ1) is 28.8. The third-order valence-corrected chi connectivity index (χ3v) is 7.96. The second-order valence-electron chi connectivity index (χ2n) is 8.98. The predicted octanol–water partition coefficient (Wildman–Crippen LogP) is 5.03. The minimum atomic E-state index is -3.88. The molecule has 0 fully saturated rings. The molecule has 0 saturated carbocycles. The molecule has 0 aliphatic heterocycles. The number of hydrazone groups is 1. The summed E-state index contributed by atoms with van der Waals surface area (Å²) >= 11 is 5.99. The number of carbonyl (C=O) groups excluding carboxylic acids is 2. The quantitative estimate of drug-likeness (QED) is 0.164. The third-order valence-electron chi connectivity index (χ3n) is 5.90. The number of aryl methyl sites for hydroxylation is 2. The van der Waals surface area contributed by atoms with Crippen LogP contribution in [0.25, 0.3) is 0 Å². The Kier molecular flexibility index (Phi) is 9.15. The summed E-state index contributed by atoms with van der Waals surface area (Å²) in [6.45, 7) is 3.72. The molecule has 0 spiro atoms. The van der Waals surface area contributed by atoms with Crippen molar-refractivity contribution in [2.75, 3.05) is 5.32 Å². The summed E-state index contributed by atoms with van der Waals surface area (Å²) in [5, 5.41) is 6.84. The summed E-state index contributed by atoms with van der Waals surface area (Å²) in [4.78, 5) is 24.4. The lowest BCUT2D eigenvalue weighted by Crippen LogP contribution is -2.32. The lowest BCUT2D eigenvalue weighted by Gasteiger charge is -2.21. The number of rotatable bonds is 9. The zero-order valence-electron chi connectivity index (χ0n) is 21.8. The first-order valence-electron chi connectivity index (χ1n) is 12.2. The summed E-state index contributed by atoms with van der Waals surface area (Å²) < 4.78 is 34.1. The molecule has 4 rings (SSSR count). The Balaban J connectivity index is 1.45. The van der Waals surface area contributed by atoms with Gasteiger partial charge in [-0.05, 0) is 67.4 Å². The van der Waals surface area contributed by atoms with Gasteiger partial charge in [-0.3, -0.25) is 9.59 Å². The average molecular weight is 579 g/mol. The van der Waals surface area contributed by atoms with Gasteiger partial charge < -0.3 is 9.73 Å². The molecule has 4 aromatic rings. The van der Waals surface area contributed by atoms with E-state index >= 15 is 0 Å². The number of halogens is 1. The molecule has 2 amide bonds. The van der Waals surface area contributed by atoms with E-state index in [1.54, 1.807) is 72.8 Å². The van der Waals surface area contributed by atoms with Crippen LogP contribution in [-0.4, -0.2) is 30.8 Å². The lowest BCUT2D eigenvalue weighted by atomic mass is 10.2. The van der Waals surface area contributed by atoms with Crippen molar-refractivity contribution in [1.82, 2.24) is 9.73 Å². The number of hydrogen-bond acceptors (Lipinski definition) is 6. The number of carbonyl (C=O) groups is 2. The van der Waals surface area contributed by atoms with Crippen molar-refractivity contribution < 1.29 is 22.4 Å². The Bertz CT molecular complexity index is 1630. The van der Waals surface area contributed by atoms with Crippen LogP contribution < -0.4 is 10.7 Å². The summed E-state index contributed by atoms with van der Waals surface area (Å²) in [5.74, 6) is -1.21. The first-order chi connectivity index (χ1) is 19.1. The number of sulfonamides is 1. The number of nitrogens with one attached hydrogen (secondary N) is 2. The van der Waals surface area contributed by atoms with Crippen molar-refractivity contribution in [3.63, 3.8) is 0 Å². The van der Waals surface area contributed by atoms with Gasteiger partial charge in [0.25, 0.3) is 0 Å². The van der Waals surface area contributed by atoms with Crippen LogP contribution in [0.1, 0.15) is 28.2 Å². The number of amides is 2. The van der Waals surface area contributed by atoms with Crippen molar-refractivity contribution in [2.45, 2.75) is 31.8 Å². The highest BCUT2D eigenvalue weighted by Crippen LogP contribution is 2.23. The zero-order chi connectivity index (χ0) is 28.7. The second-order valence-corrected chi connectivity index (χ2v) is 11.4. The van der Waals surface area contributed by atoms with Crippen molar-refractivity contribution in [3.8, 4) is 0 Å². The van der Waals surface area contributed by atoms with Crippen LogP contribution in [0.4, 0.5) is 5.69 Å². The highest BCUT2D eigenvalue weighted by Gasteiger charge is 2.26. The van der Waals surface area contributed by atoms with E-state index in [0.717, 1.165) is 16.7 Å². The minimum Gasteiger partial charge on any atom is -0.459 e. The molecule has 1 heterocycles. The second kappa shape index (κ2) is 12.7. The number of furan rings is 1. The predicted molar refractivity (Wildman–Crippen MR) is 153 cm³/mol. The normalized spacial score (nSPS) is 11.6. The van der Waals surface area contributed by atoms with Gasteiger partial charge in [-0.1, -0.05) is 59.6 Å². The van der Waals surface area contributed by atoms with Crippen molar-refractivity contribution in [2.24, 2.45) is 5.10 Å². The molecule has 40 heavy (non-hydrogen) atoms. The Morgan fingerprint density at radius 3 is 2.30 bits per heavy atom. The van der Waals surface area contributed by atoms with E-state index in [1.165, 1.54) is 10.5 Å². The van der Waals surface area contributed by atoms with E-state index in [9.17, 15) is 18.0 Å². The fourth-order valence-corrected chi connectivity index (χ4v) is 5.22. The number of nitrogens with zero attached hydrogens (tertiary/aromatic N) is 2. The fraction of sp³-hybridized carbons (Fsp3) is 0.138. The van der Waals surface area contributed by atoms with E-state index in [1.807, 2.05) is 26.0 Å². The van der Waals surface area contributed by atoms with Gasteiger partial charge in [-0.25, -0.2) is 13.8 Å². The summed E-state index contributed by atoms with van der Waals surface area (Å²) in [6.07, 6.45) is 1.22. The molecule has 3 aromatic carbocycles. The molecule has 0 radical (unpaired) electrons. The van der Waals surface area contributed by atoms with Crippen LogP contribution in [0.2, 0.25) is 5.02 Å². The SMILES string of the molecule is Cc1ccc(S(=O)(=O)N(Cc2ccc(Cl)cc2)Cc2ccc(/C=N/NC(=O)C(=O)Nc3ccccc3C)o2)cc1. The Hall–Kier alpha value is -4.25. The van der Waals surface area contributed by atoms with E-state index in [0.29, 0.717) is 16.5 Å². The lowest BCUT2D eigenvalue weighted by molar-refractivity contribution is -0.136. The molecular weight excluding hydrogens is 552 g/mol. The topological polar surface area (TPSA) is 121 Å². The summed E-state index contributed by atoms with van der Waals surface area (Å²) in [6, 6.07) is 23.8. The Labute approximate surface area is 237 Å². The number of anilines is 1. The molecular formula is C29H27ClN4O5S. The number of para-hydroxylation sites is 1. The van der Waals surface area contributed by atoms with E-state index < -0.39 is 21.8 Å². The Morgan fingerprint density at radius 2 is 1.60 bits per heavy atom. The van der Waals surface area contributed by atoms with Gasteiger partial charge in [-0.15, -0.1) is 0 Å². The average Bonchev–Trinajstić information content (AvgIpc) is 3.38. The van der Waals surface area contributed by atoms with Gasteiger partial charge in [0.2, 0.25) is 10.0 Å². The van der Waals surface area contributed by atoms with Crippen LogP contribution in [0, 0.1) is 13.8 Å². The van der Waals surface area contributed by atoms with Crippen molar-refractivity contribution in [1.29, 1.82) is 0 Å². The van der Waals surface area contributed by atoms with Crippen LogP contribution in [0.5, 0.6) is 0 Å². The molecule has 206 valence electrons. The van der Waals surface area contributed by atoms with E-state index in [4.69, 9.17) is 16.0 Å². The van der Waals surface area contributed by atoms with Crippen LogP contribution >= 0.6 is 11.6 Å². The largest absolute Gasteiger partial charge is 0.459 e. The monoisotopic (exact) mass is 578 g/mol. The van der Waals surface area contributed by atoms with Gasteiger partial charge in [0.05, 0.1) is 17.7 Å². The smallest absolute Gasteiger partial charge is 0.329 e. The standard InChI is InChI=1S/C29H27ClN4O5S/c1-20-7-15-26(16-8-20)40(37,38)34(18-22-9-11-23(30)12-10-22)19-25-14-13-24(39-25)17-31-33-29(36)28(35)32-27-6-4-3-5-21(27)2/h3-17H,18-19H2,1-2H3,(H,32,35)(H,33,36)/b31-17+. The minimum absolute atomic E-state index is 0.0577. The van der Waals surface area contributed by atoms with Gasteiger partial charge in [0.15, 0.2) is 0 Å². The highest BCUT2D eigenvalue weighted by atomic mass is 35.5. The third kappa shape index (κ3) is 7.44. The van der Waals surface area contributed by atoms with E-state index in [-0.39, 0.29) is 23.7 Å². The van der Waals surface area contributed by atoms with Gasteiger partial charge >= 0.3 is 11.8 Å². The maximum absolute atomic E-state index is 13.5. The maximum Gasteiger partial charge on any atom is 0.329 e. The fourth-order valence-electron chi connectivity index (χ4n) is 3.70. The summed E-state index contributed by atoms with van der Waals surface area (Å²) in [7, 11) is -3.88. The van der Waals surface area contributed by atoms with Crippen LogP contribution in [-0.2, 0) is 32.7 Å². The van der Waals surface area contributed by atoms with Gasteiger partial charge in [0, 0.05) is 17.3 Å². The molecule has 0 atom stereocenters. The molecule has 0 aliphatic rings. The van der Waals surface area contributed by atoms with Gasteiger partial charge in [0.1, 0.15) is 11.5 Å². The first-order valence-corrected chi connectivity index (χ1v) is 14.0. The Morgan fingerprint density at radius 1 is 0.900 bits per heavy atom. The van der Waals surface area contributed by atoms with Crippen LogP contribution in [0.15, 0.2) is 99.3 Å². The maximum atomic E-state index is 13.5. The number of benzene rings is 3. The highest BCUT2D eigenvalue weighted by molar-refractivity contribution is 7.89. The number of hydrogen-bond donors (Lipinski definition) is 2. The van der Waals surface area contributed by atoms with Crippen molar-refractivity contribution >= 4 is 45.3 Å².